The summed E-state index contributed by atoms with van der Waals surface area (Å²) in [7, 11) is -1.57. The first-order valence-electron chi connectivity index (χ1n) is 4.06. The summed E-state index contributed by atoms with van der Waals surface area (Å²) >= 11 is 0. The Morgan fingerprint density at radius 1 is 1.21 bits per heavy atom. The molecule has 0 unspecified atom stereocenters. The Kier molecular flexibility index (Phi) is 2.11. The summed E-state index contributed by atoms with van der Waals surface area (Å²) in [6.45, 7) is 0. The van der Waals surface area contributed by atoms with Crippen molar-refractivity contribution < 1.29 is 14.5 Å². The first kappa shape index (κ1) is 8.99. The van der Waals surface area contributed by atoms with E-state index in [4.69, 9.17) is 14.5 Å². The second kappa shape index (κ2) is 3.28. The second-order valence-electron chi connectivity index (χ2n) is 2.91. The molecule has 0 aliphatic heterocycles. The Bertz CT molecular complexity index is 517. The molecule has 4 nitrogen and oxygen atoms in total. The molecule has 2 rings (SSSR count). The summed E-state index contributed by atoms with van der Waals surface area (Å²) in [5.41, 5.74) is 0.506. The maximum Gasteiger partial charge on any atom is 0.488 e. The van der Waals surface area contributed by atoms with Crippen LogP contribution in [0.25, 0.3) is 11.0 Å². The van der Waals surface area contributed by atoms with E-state index in [1.165, 1.54) is 30.5 Å². The normalized spacial score (nSPS) is 10.4. The van der Waals surface area contributed by atoms with Crippen LogP contribution in [0.5, 0.6) is 0 Å². The van der Waals surface area contributed by atoms with Gasteiger partial charge in [-0.2, -0.15) is 0 Å². The maximum absolute atomic E-state index is 11.3. The molecular weight excluding hydrogens is 183 g/mol. The van der Waals surface area contributed by atoms with Crippen LogP contribution in [0.15, 0.2) is 39.7 Å². The Balaban J connectivity index is 2.76. The van der Waals surface area contributed by atoms with Crippen LogP contribution in [0.4, 0.5) is 0 Å². The van der Waals surface area contributed by atoms with E-state index < -0.39 is 7.12 Å². The molecule has 2 aromatic rings. The zero-order valence-electron chi connectivity index (χ0n) is 7.18. The van der Waals surface area contributed by atoms with Gasteiger partial charge in [-0.1, -0.05) is 6.07 Å². The molecule has 14 heavy (non-hydrogen) atoms. The molecular formula is C9H7BO4. The minimum atomic E-state index is -1.57. The van der Waals surface area contributed by atoms with Crippen molar-refractivity contribution in [3.8, 4) is 0 Å². The third-order valence-electron chi connectivity index (χ3n) is 1.98. The van der Waals surface area contributed by atoms with Crippen molar-refractivity contribution in [2.75, 3.05) is 0 Å². The lowest BCUT2D eigenvalue weighted by Gasteiger charge is -2.00. The van der Waals surface area contributed by atoms with E-state index >= 15 is 0 Å². The van der Waals surface area contributed by atoms with E-state index in [0.29, 0.717) is 11.0 Å². The maximum atomic E-state index is 11.3. The SMILES string of the molecule is O=c1ccoc2ccc(B(O)O)cc12. The highest BCUT2D eigenvalue weighted by molar-refractivity contribution is 6.58. The van der Waals surface area contributed by atoms with Crippen molar-refractivity contribution in [1.82, 2.24) is 0 Å². The van der Waals surface area contributed by atoms with Gasteiger partial charge in [0, 0.05) is 6.07 Å². The molecule has 1 aromatic heterocycles. The first-order valence-corrected chi connectivity index (χ1v) is 4.06. The van der Waals surface area contributed by atoms with Crippen LogP contribution in [0.1, 0.15) is 0 Å². The van der Waals surface area contributed by atoms with Crippen molar-refractivity contribution >= 4 is 23.6 Å². The molecule has 0 spiro atoms. The van der Waals surface area contributed by atoms with E-state index in [9.17, 15) is 4.79 Å². The molecule has 0 aliphatic rings. The summed E-state index contributed by atoms with van der Waals surface area (Å²) in [6.07, 6.45) is 1.31. The third kappa shape index (κ3) is 1.43. The molecule has 0 bridgehead atoms. The van der Waals surface area contributed by atoms with Gasteiger partial charge < -0.3 is 14.5 Å². The van der Waals surface area contributed by atoms with Gasteiger partial charge in [0.2, 0.25) is 0 Å². The van der Waals surface area contributed by atoms with Crippen molar-refractivity contribution in [1.29, 1.82) is 0 Å². The number of rotatable bonds is 1. The van der Waals surface area contributed by atoms with Crippen LogP contribution >= 0.6 is 0 Å². The average molecular weight is 190 g/mol. The second-order valence-corrected chi connectivity index (χ2v) is 2.91. The molecule has 70 valence electrons. The van der Waals surface area contributed by atoms with Gasteiger partial charge in [-0.25, -0.2) is 0 Å². The summed E-state index contributed by atoms with van der Waals surface area (Å²) in [5.74, 6) is 0. The quantitative estimate of drug-likeness (QED) is 0.593. The Labute approximate surface area is 79.6 Å². The average Bonchev–Trinajstić information content (AvgIpc) is 2.18. The zero-order chi connectivity index (χ0) is 10.1. The molecule has 0 saturated heterocycles. The van der Waals surface area contributed by atoms with E-state index in [2.05, 4.69) is 0 Å². The summed E-state index contributed by atoms with van der Waals surface area (Å²) in [4.78, 5) is 11.3. The highest BCUT2D eigenvalue weighted by Gasteiger charge is 2.12. The predicted molar refractivity (Wildman–Crippen MR) is 52.3 cm³/mol. The summed E-state index contributed by atoms with van der Waals surface area (Å²) < 4.78 is 5.06. The summed E-state index contributed by atoms with van der Waals surface area (Å²) in [6, 6.07) is 5.73. The van der Waals surface area contributed by atoms with Gasteiger partial charge in [0.05, 0.1) is 11.6 Å². The van der Waals surface area contributed by atoms with Crippen molar-refractivity contribution in [3.05, 3.63) is 40.8 Å². The highest BCUT2D eigenvalue weighted by atomic mass is 16.4. The van der Waals surface area contributed by atoms with Gasteiger partial charge in [0.15, 0.2) is 5.43 Å². The van der Waals surface area contributed by atoms with Crippen molar-refractivity contribution in [2.24, 2.45) is 0 Å². The van der Waals surface area contributed by atoms with Gasteiger partial charge in [0.25, 0.3) is 0 Å². The fraction of sp³-hybridized carbons (Fsp3) is 0. The molecule has 0 radical (unpaired) electrons. The smallest absolute Gasteiger partial charge is 0.464 e. The van der Waals surface area contributed by atoms with Gasteiger partial charge in [-0.3, -0.25) is 4.79 Å². The van der Waals surface area contributed by atoms with Gasteiger partial charge in [0.1, 0.15) is 5.58 Å². The molecule has 0 saturated carbocycles. The highest BCUT2D eigenvalue weighted by Crippen LogP contribution is 2.06. The number of hydrogen-bond acceptors (Lipinski definition) is 4. The van der Waals surface area contributed by atoms with E-state index in [0.717, 1.165) is 0 Å². The lowest BCUT2D eigenvalue weighted by atomic mass is 9.80. The monoisotopic (exact) mass is 190 g/mol. The lowest BCUT2D eigenvalue weighted by molar-refractivity contribution is 0.426. The number of fused-ring (bicyclic) bond motifs is 1. The topological polar surface area (TPSA) is 70.7 Å². The standard InChI is InChI=1S/C9H7BO4/c11-8-3-4-14-9-2-1-6(10(12)13)5-7(8)9/h1-5,12-13H. The Morgan fingerprint density at radius 2 is 2.00 bits per heavy atom. The lowest BCUT2D eigenvalue weighted by Crippen LogP contribution is -2.29. The molecule has 0 aliphatic carbocycles. The molecule has 0 amide bonds. The first-order chi connectivity index (χ1) is 6.68. The molecule has 2 N–H and O–H groups in total. The fourth-order valence-electron chi connectivity index (χ4n) is 1.26. The molecule has 0 fully saturated rings. The van der Waals surface area contributed by atoms with Gasteiger partial charge in [-0.05, 0) is 17.6 Å². The van der Waals surface area contributed by atoms with Crippen molar-refractivity contribution in [3.63, 3.8) is 0 Å². The minimum Gasteiger partial charge on any atom is -0.464 e. The largest absolute Gasteiger partial charge is 0.488 e. The number of hydrogen-bond donors (Lipinski definition) is 2. The van der Waals surface area contributed by atoms with Crippen molar-refractivity contribution in [2.45, 2.75) is 0 Å². The molecule has 5 heteroatoms. The zero-order valence-corrected chi connectivity index (χ0v) is 7.18. The van der Waals surface area contributed by atoms with E-state index in [-0.39, 0.29) is 10.9 Å². The van der Waals surface area contributed by atoms with E-state index in [1.54, 1.807) is 0 Å². The molecule has 0 atom stereocenters. The van der Waals surface area contributed by atoms with Crippen LogP contribution in [0.3, 0.4) is 0 Å². The Hall–Kier alpha value is -1.59. The molecule has 1 heterocycles. The summed E-state index contributed by atoms with van der Waals surface area (Å²) in [5, 5.41) is 18.1. The van der Waals surface area contributed by atoms with E-state index in [1.807, 2.05) is 0 Å². The fourth-order valence-corrected chi connectivity index (χ4v) is 1.26. The third-order valence-corrected chi connectivity index (χ3v) is 1.98. The van der Waals surface area contributed by atoms with Crippen LogP contribution < -0.4 is 10.9 Å². The molecule has 1 aromatic carbocycles. The predicted octanol–water partition coefficient (Wildman–Crippen LogP) is -0.527. The minimum absolute atomic E-state index is 0.200. The van der Waals surface area contributed by atoms with Gasteiger partial charge in [-0.15, -0.1) is 0 Å². The van der Waals surface area contributed by atoms with Crippen LogP contribution in [0, 0.1) is 0 Å². The Morgan fingerprint density at radius 3 is 2.71 bits per heavy atom. The van der Waals surface area contributed by atoms with Gasteiger partial charge >= 0.3 is 7.12 Å². The van der Waals surface area contributed by atoms with Crippen LogP contribution in [-0.4, -0.2) is 17.2 Å². The van der Waals surface area contributed by atoms with Crippen LogP contribution in [0.2, 0.25) is 0 Å². The van der Waals surface area contributed by atoms with Crippen LogP contribution in [-0.2, 0) is 0 Å². The number of benzene rings is 1.